The maximum Gasteiger partial charge on any atom is 0.0502 e. The van der Waals surface area contributed by atoms with Crippen LogP contribution in [0.5, 0.6) is 0 Å². The summed E-state index contributed by atoms with van der Waals surface area (Å²) in [5.74, 6) is 1.23. The fourth-order valence-electron chi connectivity index (χ4n) is 3.40. The van der Waals surface area contributed by atoms with Crippen LogP contribution in [0.3, 0.4) is 0 Å². The third-order valence-electron chi connectivity index (χ3n) is 6.64. The average molecular weight is 463 g/mol. The molecular formula is C33H50O. The van der Waals surface area contributed by atoms with Gasteiger partial charge >= 0.3 is 0 Å². The minimum absolute atomic E-state index is 0.466. The number of hydrogen-bond acceptors (Lipinski definition) is 1. The van der Waals surface area contributed by atoms with Crippen LogP contribution in [-0.2, 0) is 4.74 Å². The van der Waals surface area contributed by atoms with E-state index < -0.39 is 0 Å². The van der Waals surface area contributed by atoms with E-state index in [1.54, 1.807) is 7.11 Å². The zero-order valence-electron chi connectivity index (χ0n) is 23.1. The summed E-state index contributed by atoms with van der Waals surface area (Å²) >= 11 is 0. The van der Waals surface area contributed by atoms with Crippen molar-refractivity contribution in [3.8, 4) is 0 Å². The van der Waals surface area contributed by atoms with Crippen molar-refractivity contribution in [2.75, 3.05) is 13.7 Å². The van der Waals surface area contributed by atoms with Gasteiger partial charge < -0.3 is 4.74 Å². The smallest absolute Gasteiger partial charge is 0.0502 e. The Kier molecular flexibility index (Phi) is 15.9. The molecule has 2 atom stereocenters. The third-order valence-corrected chi connectivity index (χ3v) is 6.64. The number of rotatable bonds is 18. The summed E-state index contributed by atoms with van der Waals surface area (Å²) in [7, 11) is 1.72. The molecule has 0 bridgehead atoms. The van der Waals surface area contributed by atoms with Gasteiger partial charge in [0.1, 0.15) is 0 Å². The van der Waals surface area contributed by atoms with Gasteiger partial charge in [-0.05, 0) is 71.0 Å². The summed E-state index contributed by atoms with van der Waals surface area (Å²) in [6.07, 6.45) is 14.5. The minimum atomic E-state index is 0.466. The Balaban J connectivity index is 5.34. The van der Waals surface area contributed by atoms with Crippen molar-refractivity contribution >= 4 is 0 Å². The molecule has 0 aromatic heterocycles. The van der Waals surface area contributed by atoms with Crippen LogP contribution in [0.1, 0.15) is 73.1 Å². The van der Waals surface area contributed by atoms with E-state index in [9.17, 15) is 0 Å². The van der Waals surface area contributed by atoms with Crippen molar-refractivity contribution in [3.05, 3.63) is 108 Å². The van der Waals surface area contributed by atoms with Gasteiger partial charge in [-0.2, -0.15) is 0 Å². The van der Waals surface area contributed by atoms with E-state index in [-0.39, 0.29) is 0 Å². The molecule has 34 heavy (non-hydrogen) atoms. The first-order valence-electron chi connectivity index (χ1n) is 12.7. The fraction of sp³-hybridized carbons (Fsp3) is 0.455. The highest BCUT2D eigenvalue weighted by atomic mass is 16.5. The Morgan fingerprint density at radius 1 is 0.765 bits per heavy atom. The highest BCUT2D eigenvalue weighted by molar-refractivity contribution is 5.55. The van der Waals surface area contributed by atoms with Crippen molar-refractivity contribution in [3.63, 3.8) is 0 Å². The lowest BCUT2D eigenvalue weighted by Crippen LogP contribution is -2.01. The molecule has 0 fully saturated rings. The van der Waals surface area contributed by atoms with Crippen LogP contribution in [0.15, 0.2) is 108 Å². The van der Waals surface area contributed by atoms with Gasteiger partial charge in [-0.3, -0.25) is 0 Å². The molecule has 0 heterocycles. The quantitative estimate of drug-likeness (QED) is 0.184. The van der Waals surface area contributed by atoms with Gasteiger partial charge in [0.05, 0.1) is 6.61 Å². The topological polar surface area (TPSA) is 9.23 Å². The number of ether oxygens (including phenoxy) is 1. The summed E-state index contributed by atoms with van der Waals surface area (Å²) in [6.45, 7) is 37.2. The van der Waals surface area contributed by atoms with Crippen molar-refractivity contribution in [1.29, 1.82) is 0 Å². The van der Waals surface area contributed by atoms with Gasteiger partial charge in [-0.25, -0.2) is 0 Å². The second kappa shape index (κ2) is 17.1. The molecule has 0 aromatic rings. The molecule has 0 N–H and O–H groups in total. The highest BCUT2D eigenvalue weighted by Crippen LogP contribution is 2.27. The molecular weight excluding hydrogens is 412 g/mol. The molecule has 1 heteroatoms. The van der Waals surface area contributed by atoms with E-state index in [4.69, 9.17) is 4.74 Å². The fourth-order valence-corrected chi connectivity index (χ4v) is 3.40. The lowest BCUT2D eigenvalue weighted by atomic mass is 9.90. The van der Waals surface area contributed by atoms with Gasteiger partial charge in [0, 0.05) is 7.11 Å². The molecule has 1 nitrogen and oxygen atoms in total. The predicted octanol–water partition coefficient (Wildman–Crippen LogP) is 10.1. The Bertz CT molecular complexity index is 840. The maximum absolute atomic E-state index is 5.26. The Hall–Kier alpha value is -2.38. The molecule has 0 amide bonds. The van der Waals surface area contributed by atoms with Crippen LogP contribution in [0.2, 0.25) is 0 Å². The molecule has 0 saturated heterocycles. The second-order valence-corrected chi connectivity index (χ2v) is 9.35. The van der Waals surface area contributed by atoms with Crippen molar-refractivity contribution in [1.82, 2.24) is 0 Å². The lowest BCUT2D eigenvalue weighted by Gasteiger charge is -2.15. The highest BCUT2D eigenvalue weighted by Gasteiger charge is 2.09. The Morgan fingerprint density at radius 2 is 1.38 bits per heavy atom. The molecule has 0 rings (SSSR count). The van der Waals surface area contributed by atoms with Gasteiger partial charge in [-0.15, -0.1) is 0 Å². The van der Waals surface area contributed by atoms with Gasteiger partial charge in [0.2, 0.25) is 0 Å². The van der Waals surface area contributed by atoms with Crippen molar-refractivity contribution < 1.29 is 4.74 Å². The molecule has 188 valence electrons. The molecule has 0 aliphatic heterocycles. The first-order valence-corrected chi connectivity index (χ1v) is 12.7. The molecule has 0 radical (unpaired) electrons. The first kappa shape index (κ1) is 31.6. The van der Waals surface area contributed by atoms with Gasteiger partial charge in [0.25, 0.3) is 0 Å². The lowest BCUT2D eigenvalue weighted by molar-refractivity contribution is 0.202. The van der Waals surface area contributed by atoms with E-state index >= 15 is 0 Å². The van der Waals surface area contributed by atoms with E-state index in [1.165, 1.54) is 12.8 Å². The Labute approximate surface area is 211 Å². The first-order chi connectivity index (χ1) is 16.0. The van der Waals surface area contributed by atoms with Crippen molar-refractivity contribution in [2.45, 2.75) is 73.1 Å². The van der Waals surface area contributed by atoms with Crippen LogP contribution in [-0.4, -0.2) is 13.7 Å². The zero-order chi connectivity index (χ0) is 26.3. The van der Waals surface area contributed by atoms with Crippen LogP contribution in [0, 0.1) is 11.8 Å². The van der Waals surface area contributed by atoms with Gasteiger partial charge in [0.15, 0.2) is 0 Å². The minimum Gasteiger partial charge on any atom is -0.384 e. The number of allylic oxidation sites excluding steroid dienone is 11. The average Bonchev–Trinajstić information content (AvgIpc) is 2.84. The molecule has 0 saturated carbocycles. The van der Waals surface area contributed by atoms with Crippen LogP contribution in [0.4, 0.5) is 0 Å². The zero-order valence-corrected chi connectivity index (χ0v) is 23.1. The summed E-state index contributed by atoms with van der Waals surface area (Å²) < 4.78 is 5.26. The second-order valence-electron chi connectivity index (χ2n) is 9.35. The Morgan fingerprint density at radius 3 is 1.91 bits per heavy atom. The van der Waals surface area contributed by atoms with E-state index in [0.717, 1.165) is 76.2 Å². The maximum atomic E-state index is 5.26. The van der Waals surface area contributed by atoms with Crippen molar-refractivity contribution in [2.24, 2.45) is 11.8 Å². The van der Waals surface area contributed by atoms with Crippen LogP contribution < -0.4 is 0 Å². The van der Waals surface area contributed by atoms with Crippen LogP contribution in [0.25, 0.3) is 0 Å². The molecule has 0 spiro atoms. The van der Waals surface area contributed by atoms with E-state index in [1.807, 2.05) is 6.08 Å². The number of methoxy groups -OCH3 is 1. The molecule has 0 aliphatic rings. The molecule has 0 aliphatic carbocycles. The molecule has 2 unspecified atom stereocenters. The van der Waals surface area contributed by atoms with Crippen LogP contribution >= 0.6 is 0 Å². The molecule has 0 aromatic carbocycles. The normalized spacial score (nSPS) is 14.1. The predicted molar refractivity (Wildman–Crippen MR) is 155 cm³/mol. The number of hydrogen-bond donors (Lipinski definition) is 0. The van der Waals surface area contributed by atoms with E-state index in [2.05, 4.69) is 92.3 Å². The summed E-state index contributed by atoms with van der Waals surface area (Å²) in [5, 5.41) is 0. The SMILES string of the molecule is C=C(/C=C\C(=C)C(C)CCC(C)CC)C(=C)/C=C(/CC)C(=C)C(=C)/C=C(/CCOC)C(=C)CC. The summed E-state index contributed by atoms with van der Waals surface area (Å²) in [5.41, 5.74) is 8.09. The van der Waals surface area contributed by atoms with Gasteiger partial charge in [-0.1, -0.05) is 122 Å². The largest absolute Gasteiger partial charge is 0.384 e. The summed E-state index contributed by atoms with van der Waals surface area (Å²) in [4.78, 5) is 0. The summed E-state index contributed by atoms with van der Waals surface area (Å²) in [6, 6.07) is 0. The monoisotopic (exact) mass is 462 g/mol. The third kappa shape index (κ3) is 11.7. The standard InChI is InChI=1S/C33H50O/c1-13-24(4)16-17-26(6)27(7)18-19-28(8)29(9)22-32(15-3)31(11)30(10)23-33(20-21-34-12)25(5)14-2/h18-19,22-24,26H,5,7-11,13-17,20-21H2,1-4,6,12H3/b19-18-,32-22-,33-23-. The van der Waals surface area contributed by atoms with E-state index in [0.29, 0.717) is 12.5 Å².